The molecule has 2 aromatic rings. The number of benzene rings is 2. The molecule has 3 heteroatoms. The number of hydrogen-bond acceptors (Lipinski definition) is 2. The molecule has 2 N–H and O–H groups in total. The van der Waals surface area contributed by atoms with Crippen molar-refractivity contribution in [2.45, 2.75) is 6.42 Å². The Bertz CT molecular complexity index is 575. The molecule has 0 unspecified atom stereocenters. The van der Waals surface area contributed by atoms with Gasteiger partial charge in [0.1, 0.15) is 0 Å². The zero-order chi connectivity index (χ0) is 11.8. The van der Waals surface area contributed by atoms with Crippen LogP contribution in [0.4, 0.5) is 17.1 Å². The van der Waals surface area contributed by atoms with E-state index in [2.05, 4.69) is 0 Å². The number of carbonyl (C=O) groups excluding carboxylic acids is 1. The van der Waals surface area contributed by atoms with Gasteiger partial charge in [-0.1, -0.05) is 18.2 Å². The lowest BCUT2D eigenvalue weighted by Gasteiger charge is -2.17. The highest BCUT2D eigenvalue weighted by Gasteiger charge is 2.27. The summed E-state index contributed by atoms with van der Waals surface area (Å²) in [5.41, 5.74) is 9.28. The number of nitrogen functional groups attached to an aromatic ring is 1. The summed E-state index contributed by atoms with van der Waals surface area (Å²) in [5, 5.41) is 0. The number of anilines is 3. The zero-order valence-electron chi connectivity index (χ0n) is 9.26. The van der Waals surface area contributed by atoms with Crippen LogP contribution in [0.3, 0.4) is 0 Å². The van der Waals surface area contributed by atoms with Crippen molar-refractivity contribution in [2.75, 3.05) is 10.6 Å². The monoisotopic (exact) mass is 224 g/mol. The van der Waals surface area contributed by atoms with Gasteiger partial charge in [0.25, 0.3) is 0 Å². The molecule has 17 heavy (non-hydrogen) atoms. The zero-order valence-corrected chi connectivity index (χ0v) is 9.26. The lowest BCUT2D eigenvalue weighted by atomic mass is 10.2. The Hall–Kier alpha value is -2.29. The van der Waals surface area contributed by atoms with E-state index in [1.54, 1.807) is 4.90 Å². The maximum atomic E-state index is 12.0. The third-order valence-electron chi connectivity index (χ3n) is 2.97. The molecule has 0 aromatic heterocycles. The highest BCUT2D eigenvalue weighted by molar-refractivity contribution is 6.07. The van der Waals surface area contributed by atoms with E-state index in [9.17, 15) is 4.79 Å². The molecule has 0 radical (unpaired) electrons. The number of carbonyl (C=O) groups is 1. The van der Waals surface area contributed by atoms with Gasteiger partial charge in [-0.2, -0.15) is 0 Å². The number of amides is 1. The van der Waals surface area contributed by atoms with E-state index in [4.69, 9.17) is 5.73 Å². The quantitative estimate of drug-likeness (QED) is 0.756. The van der Waals surface area contributed by atoms with Gasteiger partial charge >= 0.3 is 0 Å². The summed E-state index contributed by atoms with van der Waals surface area (Å²) in [4.78, 5) is 13.8. The van der Waals surface area contributed by atoms with E-state index in [1.165, 1.54) is 0 Å². The van der Waals surface area contributed by atoms with Crippen LogP contribution in [-0.2, 0) is 11.2 Å². The third-order valence-corrected chi connectivity index (χ3v) is 2.97. The number of hydrogen-bond donors (Lipinski definition) is 1. The Kier molecular flexibility index (Phi) is 2.11. The second kappa shape index (κ2) is 3.63. The first kappa shape index (κ1) is 9.90. The highest BCUT2D eigenvalue weighted by atomic mass is 16.2. The van der Waals surface area contributed by atoms with Gasteiger partial charge < -0.3 is 5.73 Å². The van der Waals surface area contributed by atoms with Crippen molar-refractivity contribution < 1.29 is 4.79 Å². The molecule has 1 aliphatic heterocycles. The Morgan fingerprint density at radius 2 is 1.71 bits per heavy atom. The van der Waals surface area contributed by atoms with Crippen LogP contribution in [0.15, 0.2) is 48.5 Å². The molecule has 2 aromatic carbocycles. The van der Waals surface area contributed by atoms with Gasteiger partial charge in [0.05, 0.1) is 12.1 Å². The second-order valence-electron chi connectivity index (χ2n) is 4.13. The molecule has 84 valence electrons. The van der Waals surface area contributed by atoms with Crippen molar-refractivity contribution in [3.05, 3.63) is 54.1 Å². The van der Waals surface area contributed by atoms with E-state index >= 15 is 0 Å². The topological polar surface area (TPSA) is 46.3 Å². The number of nitrogens with two attached hydrogens (primary N) is 1. The first-order valence-corrected chi connectivity index (χ1v) is 5.52. The standard InChI is InChI=1S/C14H12N2O/c15-11-5-7-12(8-6-11)16-13-4-2-1-3-10(13)9-14(16)17/h1-8H,9,15H2. The molecule has 0 aliphatic carbocycles. The predicted octanol–water partition coefficient (Wildman–Crippen LogP) is 2.49. The first-order chi connectivity index (χ1) is 8.25. The van der Waals surface area contributed by atoms with Gasteiger partial charge in [-0.05, 0) is 35.9 Å². The first-order valence-electron chi connectivity index (χ1n) is 5.52. The lowest BCUT2D eigenvalue weighted by Crippen LogP contribution is -2.20. The van der Waals surface area contributed by atoms with Crippen LogP contribution in [0.25, 0.3) is 0 Å². The molecule has 1 amide bonds. The van der Waals surface area contributed by atoms with Gasteiger partial charge in [0, 0.05) is 11.4 Å². The molecule has 1 aliphatic rings. The summed E-state index contributed by atoms with van der Waals surface area (Å²) in [6.07, 6.45) is 0.473. The van der Waals surface area contributed by atoms with Crippen LogP contribution in [0.1, 0.15) is 5.56 Å². The number of fused-ring (bicyclic) bond motifs is 1. The molecular formula is C14H12N2O. The van der Waals surface area contributed by atoms with Crippen molar-refractivity contribution in [1.29, 1.82) is 0 Å². The van der Waals surface area contributed by atoms with Crippen LogP contribution in [0, 0.1) is 0 Å². The Morgan fingerprint density at radius 1 is 1.00 bits per heavy atom. The highest BCUT2D eigenvalue weighted by Crippen LogP contribution is 2.35. The summed E-state index contributed by atoms with van der Waals surface area (Å²) in [6, 6.07) is 15.2. The van der Waals surface area contributed by atoms with Crippen LogP contribution < -0.4 is 10.6 Å². The van der Waals surface area contributed by atoms with Crippen LogP contribution >= 0.6 is 0 Å². The second-order valence-corrected chi connectivity index (χ2v) is 4.13. The largest absolute Gasteiger partial charge is 0.399 e. The smallest absolute Gasteiger partial charge is 0.236 e. The predicted molar refractivity (Wildman–Crippen MR) is 68.1 cm³/mol. The molecule has 3 rings (SSSR count). The van der Waals surface area contributed by atoms with E-state index in [0.717, 1.165) is 16.9 Å². The summed E-state index contributed by atoms with van der Waals surface area (Å²) in [6.45, 7) is 0. The molecule has 0 fully saturated rings. The molecule has 0 saturated carbocycles. The van der Waals surface area contributed by atoms with Crippen molar-refractivity contribution in [3.63, 3.8) is 0 Å². The van der Waals surface area contributed by atoms with Crippen molar-refractivity contribution in [2.24, 2.45) is 0 Å². The summed E-state index contributed by atoms with van der Waals surface area (Å²) in [5.74, 6) is 0.107. The SMILES string of the molecule is Nc1ccc(N2C(=O)Cc3ccccc32)cc1. The van der Waals surface area contributed by atoms with Gasteiger partial charge in [0.15, 0.2) is 0 Å². The van der Waals surface area contributed by atoms with Crippen LogP contribution in [0.5, 0.6) is 0 Å². The summed E-state index contributed by atoms with van der Waals surface area (Å²) < 4.78 is 0. The van der Waals surface area contributed by atoms with E-state index < -0.39 is 0 Å². The fourth-order valence-corrected chi connectivity index (χ4v) is 2.16. The fraction of sp³-hybridized carbons (Fsp3) is 0.0714. The van der Waals surface area contributed by atoms with Gasteiger partial charge in [-0.3, -0.25) is 9.69 Å². The molecule has 0 bridgehead atoms. The Labute approximate surface area is 99.5 Å². The van der Waals surface area contributed by atoms with E-state index in [1.807, 2.05) is 48.5 Å². The maximum absolute atomic E-state index is 12.0. The summed E-state index contributed by atoms with van der Waals surface area (Å²) in [7, 11) is 0. The normalized spacial score (nSPS) is 13.9. The van der Waals surface area contributed by atoms with E-state index in [-0.39, 0.29) is 5.91 Å². The Balaban J connectivity index is 2.09. The van der Waals surface area contributed by atoms with Gasteiger partial charge in [0.2, 0.25) is 5.91 Å². The number of rotatable bonds is 1. The molecule has 1 heterocycles. The Morgan fingerprint density at radius 3 is 2.47 bits per heavy atom. The molecule has 3 nitrogen and oxygen atoms in total. The molecule has 0 atom stereocenters. The summed E-state index contributed by atoms with van der Waals surface area (Å²) >= 11 is 0. The molecule has 0 spiro atoms. The van der Waals surface area contributed by atoms with Gasteiger partial charge in [-0.15, -0.1) is 0 Å². The fourth-order valence-electron chi connectivity index (χ4n) is 2.16. The molecular weight excluding hydrogens is 212 g/mol. The van der Waals surface area contributed by atoms with Crippen molar-refractivity contribution >= 4 is 23.0 Å². The average Bonchev–Trinajstić information content (AvgIpc) is 2.66. The number of para-hydroxylation sites is 1. The van der Waals surface area contributed by atoms with Crippen LogP contribution in [-0.4, -0.2) is 5.91 Å². The minimum atomic E-state index is 0.107. The minimum Gasteiger partial charge on any atom is -0.399 e. The average molecular weight is 224 g/mol. The van der Waals surface area contributed by atoms with Gasteiger partial charge in [-0.25, -0.2) is 0 Å². The van der Waals surface area contributed by atoms with Crippen molar-refractivity contribution in [3.8, 4) is 0 Å². The van der Waals surface area contributed by atoms with Crippen LogP contribution in [0.2, 0.25) is 0 Å². The lowest BCUT2D eigenvalue weighted by molar-refractivity contribution is -0.116. The maximum Gasteiger partial charge on any atom is 0.236 e. The number of nitrogens with zero attached hydrogens (tertiary/aromatic N) is 1. The third kappa shape index (κ3) is 1.56. The van der Waals surface area contributed by atoms with E-state index in [0.29, 0.717) is 12.1 Å². The van der Waals surface area contributed by atoms with Crippen molar-refractivity contribution in [1.82, 2.24) is 0 Å². The minimum absolute atomic E-state index is 0.107. The molecule has 0 saturated heterocycles.